The molecule has 16 heavy (non-hydrogen) atoms. The van der Waals surface area contributed by atoms with Gasteiger partial charge in [-0.3, -0.25) is 9.69 Å². The molecule has 1 aromatic rings. The van der Waals surface area contributed by atoms with Gasteiger partial charge in [-0.2, -0.15) is 0 Å². The topological polar surface area (TPSA) is 87.3 Å². The molecule has 1 aliphatic heterocycles. The fourth-order valence-electron chi connectivity index (χ4n) is 1.56. The molecule has 0 radical (unpaired) electrons. The number of hydrogen-bond acceptors (Lipinski definition) is 4. The van der Waals surface area contributed by atoms with E-state index in [1.165, 1.54) is 18.3 Å². The van der Waals surface area contributed by atoms with Gasteiger partial charge in [0.15, 0.2) is 0 Å². The summed E-state index contributed by atoms with van der Waals surface area (Å²) in [5, 5.41) is 2.50. The highest BCUT2D eigenvalue weighted by atomic mass is 16.6. The Hall–Kier alpha value is -2.05. The molecular formula is C9H12N4O3. The van der Waals surface area contributed by atoms with Crippen LogP contribution in [0.25, 0.3) is 0 Å². The van der Waals surface area contributed by atoms with Crippen molar-refractivity contribution in [2.75, 3.05) is 13.7 Å². The van der Waals surface area contributed by atoms with Gasteiger partial charge in [0.05, 0.1) is 18.6 Å². The van der Waals surface area contributed by atoms with Crippen molar-refractivity contribution in [1.82, 2.24) is 20.2 Å². The van der Waals surface area contributed by atoms with Crippen LogP contribution in [0.3, 0.4) is 0 Å². The monoisotopic (exact) mass is 224 g/mol. The summed E-state index contributed by atoms with van der Waals surface area (Å²) in [7, 11) is 1.53. The lowest BCUT2D eigenvalue weighted by Crippen LogP contribution is -2.44. The Balaban J connectivity index is 2.10. The molecule has 2 N–H and O–H groups in total. The van der Waals surface area contributed by atoms with Gasteiger partial charge >= 0.3 is 6.09 Å². The minimum absolute atomic E-state index is 0.0899. The van der Waals surface area contributed by atoms with Gasteiger partial charge in [0, 0.05) is 13.2 Å². The molecule has 2 heterocycles. The van der Waals surface area contributed by atoms with E-state index in [0.717, 1.165) is 5.69 Å². The number of rotatable bonds is 3. The average molecular weight is 224 g/mol. The molecule has 0 unspecified atom stereocenters. The molecule has 0 aliphatic carbocycles. The number of amides is 2. The number of aromatic nitrogens is 2. The van der Waals surface area contributed by atoms with Crippen LogP contribution in [0.1, 0.15) is 5.69 Å². The number of imidazole rings is 1. The number of hydrogen-bond donors (Lipinski definition) is 2. The van der Waals surface area contributed by atoms with Crippen LogP contribution in [0.2, 0.25) is 0 Å². The number of carbonyl (C=O) groups excluding carboxylic acids is 2. The van der Waals surface area contributed by atoms with Crippen molar-refractivity contribution >= 4 is 12.0 Å². The van der Waals surface area contributed by atoms with Gasteiger partial charge in [-0.15, -0.1) is 0 Å². The van der Waals surface area contributed by atoms with Crippen molar-refractivity contribution in [3.8, 4) is 0 Å². The van der Waals surface area contributed by atoms with Crippen molar-refractivity contribution in [2.24, 2.45) is 0 Å². The third-order valence-corrected chi connectivity index (χ3v) is 2.42. The second-order valence-electron chi connectivity index (χ2n) is 3.41. The Morgan fingerprint density at radius 2 is 2.62 bits per heavy atom. The van der Waals surface area contributed by atoms with E-state index >= 15 is 0 Å². The number of nitrogens with one attached hydrogen (secondary N) is 2. The molecule has 86 valence electrons. The van der Waals surface area contributed by atoms with Crippen LogP contribution < -0.4 is 5.32 Å². The van der Waals surface area contributed by atoms with Crippen molar-refractivity contribution < 1.29 is 14.3 Å². The van der Waals surface area contributed by atoms with Gasteiger partial charge in [-0.05, 0) is 0 Å². The number of nitrogens with zero attached hydrogens (tertiary/aromatic N) is 2. The SMILES string of the molecule is CNC(=O)[C@@H]1COC(=O)N1Cc1cnc[nH]1. The number of cyclic esters (lactones) is 1. The molecule has 0 spiro atoms. The minimum atomic E-state index is -0.569. The van der Waals surface area contributed by atoms with Crippen LogP contribution in [0.4, 0.5) is 4.79 Å². The van der Waals surface area contributed by atoms with E-state index in [2.05, 4.69) is 15.3 Å². The Morgan fingerprint density at radius 3 is 3.25 bits per heavy atom. The van der Waals surface area contributed by atoms with Crippen molar-refractivity contribution in [2.45, 2.75) is 12.6 Å². The summed E-state index contributed by atoms with van der Waals surface area (Å²) in [6.45, 7) is 0.379. The molecule has 0 bridgehead atoms. The number of H-pyrrole nitrogens is 1. The van der Waals surface area contributed by atoms with E-state index in [9.17, 15) is 9.59 Å². The van der Waals surface area contributed by atoms with Gasteiger partial charge in [-0.25, -0.2) is 9.78 Å². The molecule has 0 saturated carbocycles. The van der Waals surface area contributed by atoms with Crippen LogP contribution in [-0.4, -0.2) is 46.6 Å². The van der Waals surface area contributed by atoms with E-state index in [4.69, 9.17) is 4.74 Å². The summed E-state index contributed by atoms with van der Waals surface area (Å²) < 4.78 is 4.84. The Morgan fingerprint density at radius 1 is 1.81 bits per heavy atom. The van der Waals surface area contributed by atoms with Crippen LogP contribution in [0, 0.1) is 0 Å². The summed E-state index contributed by atoms with van der Waals surface area (Å²) in [4.78, 5) is 31.0. The summed E-state index contributed by atoms with van der Waals surface area (Å²) in [6.07, 6.45) is 2.64. The molecule has 1 aliphatic rings. The Labute approximate surface area is 91.8 Å². The Kier molecular flexibility index (Phi) is 2.76. The van der Waals surface area contributed by atoms with Crippen LogP contribution in [0.15, 0.2) is 12.5 Å². The predicted molar refractivity (Wildman–Crippen MR) is 53.3 cm³/mol. The largest absolute Gasteiger partial charge is 0.447 e. The number of likely N-dealkylation sites (N-methyl/N-ethyl adjacent to an activating group) is 1. The molecule has 7 heteroatoms. The number of aromatic amines is 1. The highest BCUT2D eigenvalue weighted by Crippen LogP contribution is 2.15. The quantitative estimate of drug-likeness (QED) is 0.723. The first kappa shape index (κ1) is 10.5. The summed E-state index contributed by atoms with van der Waals surface area (Å²) in [5.41, 5.74) is 0.757. The second kappa shape index (κ2) is 4.21. The van der Waals surface area contributed by atoms with Crippen LogP contribution in [0.5, 0.6) is 0 Å². The fraction of sp³-hybridized carbons (Fsp3) is 0.444. The predicted octanol–water partition coefficient (Wildman–Crippen LogP) is -0.524. The van der Waals surface area contributed by atoms with E-state index in [1.54, 1.807) is 6.20 Å². The van der Waals surface area contributed by atoms with Gasteiger partial charge in [-0.1, -0.05) is 0 Å². The summed E-state index contributed by atoms with van der Waals surface area (Å²) >= 11 is 0. The van der Waals surface area contributed by atoms with Crippen molar-refractivity contribution in [1.29, 1.82) is 0 Å². The lowest BCUT2D eigenvalue weighted by atomic mass is 10.2. The molecule has 1 saturated heterocycles. The number of ether oxygens (including phenoxy) is 1. The summed E-state index contributed by atoms with van der Waals surface area (Å²) in [5.74, 6) is -0.231. The molecule has 1 atom stereocenters. The van der Waals surface area contributed by atoms with Crippen LogP contribution >= 0.6 is 0 Å². The van der Waals surface area contributed by atoms with E-state index < -0.39 is 12.1 Å². The molecule has 1 fully saturated rings. The number of carbonyl (C=O) groups is 2. The molecule has 0 aromatic carbocycles. The van der Waals surface area contributed by atoms with Gasteiger partial charge < -0.3 is 15.0 Å². The lowest BCUT2D eigenvalue weighted by Gasteiger charge is -2.18. The molecule has 2 amide bonds. The second-order valence-corrected chi connectivity index (χ2v) is 3.41. The maximum Gasteiger partial charge on any atom is 0.411 e. The first-order valence-corrected chi connectivity index (χ1v) is 4.84. The zero-order chi connectivity index (χ0) is 11.5. The minimum Gasteiger partial charge on any atom is -0.447 e. The standard InChI is InChI=1S/C9H12N4O3/c1-10-8(14)7-4-16-9(15)13(7)3-6-2-11-5-12-6/h2,5,7H,3-4H2,1H3,(H,10,14)(H,11,12)/t7-/m0/s1. The van der Waals surface area contributed by atoms with E-state index in [0.29, 0.717) is 0 Å². The average Bonchev–Trinajstić information content (AvgIpc) is 2.90. The summed E-state index contributed by atoms with van der Waals surface area (Å²) in [6, 6.07) is -0.569. The Bertz CT molecular complexity index is 389. The third kappa shape index (κ3) is 1.83. The maximum atomic E-state index is 11.5. The maximum absolute atomic E-state index is 11.5. The van der Waals surface area contributed by atoms with Gasteiger partial charge in [0.2, 0.25) is 5.91 Å². The van der Waals surface area contributed by atoms with Gasteiger partial charge in [0.25, 0.3) is 0 Å². The van der Waals surface area contributed by atoms with Gasteiger partial charge in [0.1, 0.15) is 12.6 Å². The normalized spacial score (nSPS) is 19.7. The zero-order valence-electron chi connectivity index (χ0n) is 8.77. The highest BCUT2D eigenvalue weighted by Gasteiger charge is 2.37. The fourth-order valence-corrected chi connectivity index (χ4v) is 1.56. The third-order valence-electron chi connectivity index (χ3n) is 2.42. The zero-order valence-corrected chi connectivity index (χ0v) is 8.77. The first-order valence-electron chi connectivity index (χ1n) is 4.84. The molecule has 1 aromatic heterocycles. The van der Waals surface area contributed by atoms with Crippen molar-refractivity contribution in [3.05, 3.63) is 18.2 Å². The highest BCUT2D eigenvalue weighted by molar-refractivity contribution is 5.87. The smallest absolute Gasteiger partial charge is 0.411 e. The van der Waals surface area contributed by atoms with Crippen LogP contribution in [-0.2, 0) is 16.1 Å². The molecule has 7 nitrogen and oxygen atoms in total. The lowest BCUT2D eigenvalue weighted by molar-refractivity contribution is -0.124. The molecule has 2 rings (SSSR count). The van der Waals surface area contributed by atoms with Crippen molar-refractivity contribution in [3.63, 3.8) is 0 Å². The van der Waals surface area contributed by atoms with E-state index in [1.807, 2.05) is 0 Å². The first-order chi connectivity index (χ1) is 7.72. The van der Waals surface area contributed by atoms with E-state index in [-0.39, 0.29) is 19.1 Å². The molecular weight excluding hydrogens is 212 g/mol.